The molecule has 1 aromatic heterocycles. The molecule has 0 radical (unpaired) electrons. The molecule has 0 atom stereocenters. The van der Waals surface area contributed by atoms with E-state index in [1.54, 1.807) is 0 Å². The molecule has 0 saturated carbocycles. The summed E-state index contributed by atoms with van der Waals surface area (Å²) in [5, 5.41) is 10.4. The fourth-order valence-electron chi connectivity index (χ4n) is 7.03. The van der Waals surface area contributed by atoms with Gasteiger partial charge in [-0.1, -0.05) is 152 Å². The summed E-state index contributed by atoms with van der Waals surface area (Å²) >= 11 is 1.90. The Morgan fingerprint density at radius 2 is 0.837 bits per heavy atom. The highest BCUT2D eigenvalue weighted by Crippen LogP contribution is 2.50. The van der Waals surface area contributed by atoms with Crippen molar-refractivity contribution >= 4 is 63.8 Å². The van der Waals surface area contributed by atoms with Crippen molar-refractivity contribution in [1.82, 2.24) is 0 Å². The van der Waals surface area contributed by atoms with E-state index in [0.717, 1.165) is 0 Å². The maximum Gasteiger partial charge on any atom is 0.0440 e. The Labute approximate surface area is 254 Å². The summed E-state index contributed by atoms with van der Waals surface area (Å²) in [6.45, 7) is 0. The Kier molecular flexibility index (Phi) is 5.47. The molecular weight excluding hydrogens is 537 g/mol. The summed E-state index contributed by atoms with van der Waals surface area (Å²) in [7, 11) is 0. The molecule has 0 amide bonds. The zero-order valence-electron chi connectivity index (χ0n) is 23.4. The van der Waals surface area contributed by atoms with Crippen LogP contribution in [0, 0.1) is 0 Å². The SMILES string of the molecule is c1ccc(-c2ccc(-c3c4ccccc4c(-c4cccc5ccccc45)c4ccccc34)c3c2sc2ccccc23)cc1. The van der Waals surface area contributed by atoms with E-state index in [-0.39, 0.29) is 0 Å². The van der Waals surface area contributed by atoms with Crippen molar-refractivity contribution in [3.63, 3.8) is 0 Å². The average Bonchev–Trinajstić information content (AvgIpc) is 3.47. The molecule has 0 unspecified atom stereocenters. The van der Waals surface area contributed by atoms with Crippen LogP contribution in [0.3, 0.4) is 0 Å². The van der Waals surface area contributed by atoms with Crippen LogP contribution < -0.4 is 0 Å². The average molecular weight is 563 g/mol. The molecular formula is C42H26S. The highest BCUT2D eigenvalue weighted by molar-refractivity contribution is 7.26. The summed E-state index contributed by atoms with van der Waals surface area (Å²) in [6.07, 6.45) is 0. The van der Waals surface area contributed by atoms with Gasteiger partial charge in [0.2, 0.25) is 0 Å². The van der Waals surface area contributed by atoms with Gasteiger partial charge in [-0.15, -0.1) is 11.3 Å². The van der Waals surface area contributed by atoms with E-state index in [1.165, 1.54) is 85.9 Å². The fourth-order valence-corrected chi connectivity index (χ4v) is 8.30. The van der Waals surface area contributed by atoms with Gasteiger partial charge in [0.25, 0.3) is 0 Å². The lowest BCUT2D eigenvalue weighted by atomic mass is 9.83. The summed E-state index contributed by atoms with van der Waals surface area (Å²) in [5.41, 5.74) is 7.74. The van der Waals surface area contributed by atoms with Crippen LogP contribution in [0.2, 0.25) is 0 Å². The second kappa shape index (κ2) is 9.66. The molecule has 0 fully saturated rings. The number of hydrogen-bond donors (Lipinski definition) is 0. The Balaban J connectivity index is 1.46. The van der Waals surface area contributed by atoms with Crippen molar-refractivity contribution in [3.8, 4) is 33.4 Å². The molecule has 0 aliphatic heterocycles. The summed E-state index contributed by atoms with van der Waals surface area (Å²) in [6, 6.07) is 57.8. The number of fused-ring (bicyclic) bond motifs is 6. The summed E-state index contributed by atoms with van der Waals surface area (Å²) in [4.78, 5) is 0. The van der Waals surface area contributed by atoms with Gasteiger partial charge in [0, 0.05) is 20.2 Å². The molecule has 0 nitrogen and oxygen atoms in total. The van der Waals surface area contributed by atoms with E-state index in [4.69, 9.17) is 0 Å². The number of hydrogen-bond acceptors (Lipinski definition) is 1. The van der Waals surface area contributed by atoms with Gasteiger partial charge >= 0.3 is 0 Å². The maximum absolute atomic E-state index is 2.37. The number of thiophene rings is 1. The molecule has 0 bridgehead atoms. The van der Waals surface area contributed by atoms with Gasteiger partial charge in [-0.05, 0) is 71.8 Å². The van der Waals surface area contributed by atoms with Crippen molar-refractivity contribution in [2.45, 2.75) is 0 Å². The first kappa shape index (κ1) is 24.4. The largest absolute Gasteiger partial charge is 0.135 e. The number of rotatable bonds is 3. The van der Waals surface area contributed by atoms with Gasteiger partial charge in [-0.25, -0.2) is 0 Å². The summed E-state index contributed by atoms with van der Waals surface area (Å²) < 4.78 is 2.67. The van der Waals surface area contributed by atoms with Gasteiger partial charge in [-0.2, -0.15) is 0 Å². The molecule has 0 spiro atoms. The van der Waals surface area contributed by atoms with Gasteiger partial charge in [0.15, 0.2) is 0 Å². The van der Waals surface area contributed by atoms with E-state index in [1.807, 2.05) is 11.3 Å². The Morgan fingerprint density at radius 3 is 1.53 bits per heavy atom. The van der Waals surface area contributed by atoms with Crippen molar-refractivity contribution in [2.24, 2.45) is 0 Å². The lowest BCUT2D eigenvalue weighted by Gasteiger charge is -2.20. The Bertz CT molecular complexity index is 2440. The molecule has 9 aromatic rings. The van der Waals surface area contributed by atoms with Crippen LogP contribution in [0.5, 0.6) is 0 Å². The lowest BCUT2D eigenvalue weighted by Crippen LogP contribution is -1.92. The Morgan fingerprint density at radius 1 is 0.326 bits per heavy atom. The Hall–Kier alpha value is -5.24. The van der Waals surface area contributed by atoms with Crippen LogP contribution in [-0.2, 0) is 0 Å². The zero-order valence-corrected chi connectivity index (χ0v) is 24.2. The monoisotopic (exact) mass is 562 g/mol. The van der Waals surface area contributed by atoms with E-state index in [9.17, 15) is 0 Å². The minimum Gasteiger partial charge on any atom is -0.135 e. The van der Waals surface area contributed by atoms with Crippen LogP contribution in [-0.4, -0.2) is 0 Å². The van der Waals surface area contributed by atoms with E-state index < -0.39 is 0 Å². The smallest absolute Gasteiger partial charge is 0.0440 e. The molecule has 43 heavy (non-hydrogen) atoms. The van der Waals surface area contributed by atoms with Gasteiger partial charge in [-0.3, -0.25) is 0 Å². The molecule has 0 saturated heterocycles. The van der Waals surface area contributed by atoms with Crippen molar-refractivity contribution in [3.05, 3.63) is 158 Å². The standard InChI is InChI=1S/C42H26S/c1-2-13-28(14-3-1)30-25-26-37(41-36-22-10-11-24-38(36)43-42(30)41)40-34-20-8-6-18-32(34)39(33-19-7-9-21-35(33)40)31-23-12-16-27-15-4-5-17-29(27)31/h1-26H. The molecule has 200 valence electrons. The molecule has 0 N–H and O–H groups in total. The van der Waals surface area contributed by atoms with Crippen molar-refractivity contribution < 1.29 is 0 Å². The third-order valence-electron chi connectivity index (χ3n) is 8.87. The molecule has 0 aliphatic rings. The summed E-state index contributed by atoms with van der Waals surface area (Å²) in [5.74, 6) is 0. The highest BCUT2D eigenvalue weighted by atomic mass is 32.1. The third kappa shape index (κ3) is 3.69. The van der Waals surface area contributed by atoms with Crippen LogP contribution in [0.15, 0.2) is 158 Å². The van der Waals surface area contributed by atoms with Gasteiger partial charge in [0.1, 0.15) is 0 Å². The zero-order chi connectivity index (χ0) is 28.3. The van der Waals surface area contributed by atoms with Crippen LogP contribution in [0.4, 0.5) is 0 Å². The van der Waals surface area contributed by atoms with Gasteiger partial charge < -0.3 is 0 Å². The van der Waals surface area contributed by atoms with Crippen molar-refractivity contribution in [1.29, 1.82) is 0 Å². The first-order valence-electron chi connectivity index (χ1n) is 14.8. The molecule has 0 aliphatic carbocycles. The van der Waals surface area contributed by atoms with Gasteiger partial charge in [0.05, 0.1) is 0 Å². The molecule has 1 heteroatoms. The first-order valence-corrected chi connectivity index (χ1v) is 15.6. The normalized spacial score (nSPS) is 11.7. The topological polar surface area (TPSA) is 0 Å². The quantitative estimate of drug-likeness (QED) is 0.188. The molecule has 9 rings (SSSR count). The van der Waals surface area contributed by atoms with Crippen LogP contribution in [0.1, 0.15) is 0 Å². The van der Waals surface area contributed by atoms with Crippen molar-refractivity contribution in [2.75, 3.05) is 0 Å². The fraction of sp³-hybridized carbons (Fsp3) is 0. The first-order chi connectivity index (χ1) is 21.4. The second-order valence-corrected chi connectivity index (χ2v) is 12.2. The minimum absolute atomic E-state index is 1.26. The highest BCUT2D eigenvalue weighted by Gasteiger charge is 2.21. The van der Waals surface area contributed by atoms with Crippen LogP contribution in [0.25, 0.3) is 85.9 Å². The third-order valence-corrected chi connectivity index (χ3v) is 10.1. The molecule has 1 heterocycles. The molecule has 8 aromatic carbocycles. The number of benzene rings is 8. The lowest BCUT2D eigenvalue weighted by molar-refractivity contribution is 1.66. The van der Waals surface area contributed by atoms with E-state index >= 15 is 0 Å². The second-order valence-electron chi connectivity index (χ2n) is 11.2. The predicted octanol–water partition coefficient (Wildman–Crippen LogP) is 12.5. The van der Waals surface area contributed by atoms with E-state index in [0.29, 0.717) is 0 Å². The van der Waals surface area contributed by atoms with Crippen LogP contribution >= 0.6 is 11.3 Å². The maximum atomic E-state index is 2.37. The van der Waals surface area contributed by atoms with E-state index in [2.05, 4.69) is 158 Å². The minimum atomic E-state index is 1.26. The predicted molar refractivity (Wildman–Crippen MR) is 188 cm³/mol.